The third kappa shape index (κ3) is 3.20. The molecule has 2 N–H and O–H groups in total. The second-order valence-corrected chi connectivity index (χ2v) is 7.39. The predicted octanol–water partition coefficient (Wildman–Crippen LogP) is 0.431. The van der Waals surface area contributed by atoms with E-state index in [4.69, 9.17) is 4.74 Å². The summed E-state index contributed by atoms with van der Waals surface area (Å²) in [6.45, 7) is 6.48. The van der Waals surface area contributed by atoms with E-state index in [2.05, 4.69) is 15.2 Å². The van der Waals surface area contributed by atoms with Crippen molar-refractivity contribution in [2.24, 2.45) is 7.05 Å². The number of imidazole rings is 1. The zero-order valence-corrected chi connectivity index (χ0v) is 14.8. The van der Waals surface area contributed by atoms with E-state index in [9.17, 15) is 9.90 Å². The maximum Gasteiger partial charge on any atom is 0.217 e. The van der Waals surface area contributed by atoms with Crippen molar-refractivity contribution in [1.82, 2.24) is 19.8 Å². The molecule has 7 nitrogen and oxygen atoms in total. The summed E-state index contributed by atoms with van der Waals surface area (Å²) in [6.07, 6.45) is 5.22. The largest absolute Gasteiger partial charge is 0.388 e. The van der Waals surface area contributed by atoms with Gasteiger partial charge in [-0.2, -0.15) is 0 Å². The Morgan fingerprint density at radius 3 is 2.75 bits per heavy atom. The average molecular weight is 336 g/mol. The quantitative estimate of drug-likeness (QED) is 0.837. The highest BCUT2D eigenvalue weighted by atomic mass is 16.5. The standard InChI is InChI=1S/C17H28N4O3/c1-13(22)19-16(2)6-11-24-17(15(16)23)4-8-21(9-5-17)12-14-18-7-10-20(14)3/h7,10,15,23H,4-6,8-9,11-12H2,1-3H3,(H,19,22)/t15-,16+/m0/s1. The van der Waals surface area contributed by atoms with Crippen LogP contribution in [0.2, 0.25) is 0 Å². The first-order valence-corrected chi connectivity index (χ1v) is 8.64. The van der Waals surface area contributed by atoms with E-state index in [1.807, 2.05) is 30.9 Å². The Morgan fingerprint density at radius 2 is 2.17 bits per heavy atom. The van der Waals surface area contributed by atoms with Gasteiger partial charge in [0.05, 0.1) is 17.7 Å². The molecular weight excluding hydrogens is 308 g/mol. The number of ether oxygens (including phenoxy) is 1. The van der Waals surface area contributed by atoms with E-state index in [1.165, 1.54) is 6.92 Å². The average Bonchev–Trinajstić information content (AvgIpc) is 2.92. The summed E-state index contributed by atoms with van der Waals surface area (Å²) in [5.74, 6) is 0.931. The first-order chi connectivity index (χ1) is 11.3. The summed E-state index contributed by atoms with van der Waals surface area (Å²) in [5.41, 5.74) is -1.18. The number of aromatic nitrogens is 2. The van der Waals surface area contributed by atoms with Crippen LogP contribution in [0.5, 0.6) is 0 Å². The van der Waals surface area contributed by atoms with E-state index < -0.39 is 17.2 Å². The zero-order valence-electron chi connectivity index (χ0n) is 14.8. The predicted molar refractivity (Wildman–Crippen MR) is 89.2 cm³/mol. The van der Waals surface area contributed by atoms with Crippen molar-refractivity contribution in [3.05, 3.63) is 18.2 Å². The van der Waals surface area contributed by atoms with E-state index in [0.717, 1.165) is 38.3 Å². The molecule has 1 amide bonds. The van der Waals surface area contributed by atoms with Gasteiger partial charge in [-0.15, -0.1) is 0 Å². The third-order valence-electron chi connectivity index (χ3n) is 5.56. The number of hydrogen-bond acceptors (Lipinski definition) is 5. The maximum atomic E-state index is 11.5. The van der Waals surface area contributed by atoms with Gasteiger partial charge < -0.3 is 19.7 Å². The van der Waals surface area contributed by atoms with Crippen LogP contribution in [0.25, 0.3) is 0 Å². The number of aryl methyl sites for hydroxylation is 1. The SMILES string of the molecule is CC(=O)N[C@]1(C)CCOC2(CCN(Cc3nccn3C)CC2)[C@H]1O. The molecule has 0 radical (unpaired) electrons. The van der Waals surface area contributed by atoms with Crippen LogP contribution in [0.1, 0.15) is 38.9 Å². The number of carbonyl (C=O) groups is 1. The molecule has 2 aliphatic heterocycles. The van der Waals surface area contributed by atoms with E-state index in [-0.39, 0.29) is 5.91 Å². The molecule has 0 aromatic carbocycles. The van der Waals surface area contributed by atoms with Gasteiger partial charge in [0.15, 0.2) is 0 Å². The van der Waals surface area contributed by atoms with Gasteiger partial charge in [0.2, 0.25) is 5.91 Å². The van der Waals surface area contributed by atoms with Gasteiger partial charge in [0.25, 0.3) is 0 Å². The van der Waals surface area contributed by atoms with Crippen molar-refractivity contribution in [1.29, 1.82) is 0 Å². The number of nitrogens with zero attached hydrogens (tertiary/aromatic N) is 3. The van der Waals surface area contributed by atoms with Crippen molar-refractivity contribution in [2.75, 3.05) is 19.7 Å². The summed E-state index contributed by atoms with van der Waals surface area (Å²) in [4.78, 5) is 18.2. The number of likely N-dealkylation sites (tertiary alicyclic amines) is 1. The Bertz CT molecular complexity index is 594. The molecule has 2 saturated heterocycles. The highest BCUT2D eigenvalue weighted by Crippen LogP contribution is 2.40. The minimum atomic E-state index is -0.696. The van der Waals surface area contributed by atoms with Gasteiger partial charge in [-0.25, -0.2) is 4.98 Å². The molecular formula is C17H28N4O3. The normalized spacial score (nSPS) is 30.4. The number of amides is 1. The summed E-state index contributed by atoms with van der Waals surface area (Å²) in [6, 6.07) is 0. The molecule has 0 unspecified atom stereocenters. The Morgan fingerprint density at radius 1 is 1.46 bits per heavy atom. The number of rotatable bonds is 3. The lowest BCUT2D eigenvalue weighted by atomic mass is 9.73. The second kappa shape index (κ2) is 6.46. The van der Waals surface area contributed by atoms with E-state index in [1.54, 1.807) is 0 Å². The Hall–Kier alpha value is -1.44. The summed E-state index contributed by atoms with van der Waals surface area (Å²) >= 11 is 0. The molecule has 1 spiro atoms. The van der Waals surface area contributed by atoms with Crippen molar-refractivity contribution in [3.8, 4) is 0 Å². The highest BCUT2D eigenvalue weighted by Gasteiger charge is 2.53. The Balaban J connectivity index is 1.65. The summed E-state index contributed by atoms with van der Waals surface area (Å²) in [5, 5.41) is 13.9. The van der Waals surface area contributed by atoms with E-state index in [0.29, 0.717) is 13.0 Å². The molecule has 3 rings (SSSR count). The van der Waals surface area contributed by atoms with Crippen LogP contribution >= 0.6 is 0 Å². The van der Waals surface area contributed by atoms with Crippen LogP contribution in [0.15, 0.2) is 12.4 Å². The van der Waals surface area contributed by atoms with Crippen LogP contribution in [-0.2, 0) is 23.1 Å². The first kappa shape index (κ1) is 17.4. The smallest absolute Gasteiger partial charge is 0.217 e. The molecule has 7 heteroatoms. The number of aliphatic hydroxyl groups is 1. The van der Waals surface area contributed by atoms with Gasteiger partial charge in [-0.1, -0.05) is 0 Å². The fourth-order valence-electron chi connectivity index (χ4n) is 4.05. The Kier molecular flexibility index (Phi) is 4.68. The number of hydrogen-bond donors (Lipinski definition) is 2. The van der Waals surface area contributed by atoms with Crippen molar-refractivity contribution < 1.29 is 14.6 Å². The third-order valence-corrected chi connectivity index (χ3v) is 5.56. The molecule has 1 aromatic heterocycles. The molecule has 1 aromatic rings. The number of aliphatic hydroxyl groups excluding tert-OH is 1. The second-order valence-electron chi connectivity index (χ2n) is 7.39. The van der Waals surface area contributed by atoms with Crippen LogP contribution < -0.4 is 5.32 Å². The number of nitrogens with one attached hydrogen (secondary N) is 1. The van der Waals surface area contributed by atoms with Gasteiger partial charge in [-0.05, 0) is 26.2 Å². The monoisotopic (exact) mass is 336 g/mol. The van der Waals surface area contributed by atoms with Gasteiger partial charge in [-0.3, -0.25) is 9.69 Å². The lowest BCUT2D eigenvalue weighted by Crippen LogP contribution is -2.69. The molecule has 134 valence electrons. The summed E-state index contributed by atoms with van der Waals surface area (Å²) < 4.78 is 8.09. The van der Waals surface area contributed by atoms with Crippen LogP contribution in [0.4, 0.5) is 0 Å². The molecule has 2 fully saturated rings. The lowest BCUT2D eigenvalue weighted by Gasteiger charge is -2.53. The molecule has 0 aliphatic carbocycles. The van der Waals surface area contributed by atoms with Crippen LogP contribution in [0.3, 0.4) is 0 Å². The van der Waals surface area contributed by atoms with Gasteiger partial charge >= 0.3 is 0 Å². The fraction of sp³-hybridized carbons (Fsp3) is 0.765. The number of carbonyl (C=O) groups excluding carboxylic acids is 1. The minimum absolute atomic E-state index is 0.110. The maximum absolute atomic E-state index is 11.5. The van der Waals surface area contributed by atoms with E-state index >= 15 is 0 Å². The van der Waals surface area contributed by atoms with Gasteiger partial charge in [0.1, 0.15) is 11.9 Å². The Labute approximate surface area is 143 Å². The molecule has 0 bridgehead atoms. The fourth-order valence-corrected chi connectivity index (χ4v) is 4.05. The number of piperidine rings is 1. The molecule has 2 aliphatic rings. The van der Waals surface area contributed by atoms with Crippen LogP contribution in [0, 0.1) is 0 Å². The lowest BCUT2D eigenvalue weighted by molar-refractivity contribution is -0.208. The first-order valence-electron chi connectivity index (χ1n) is 8.64. The van der Waals surface area contributed by atoms with Crippen LogP contribution in [-0.4, -0.2) is 62.4 Å². The van der Waals surface area contributed by atoms with Crippen molar-refractivity contribution in [2.45, 2.75) is 56.9 Å². The topological polar surface area (TPSA) is 79.6 Å². The van der Waals surface area contributed by atoms with Gasteiger partial charge in [0, 0.05) is 46.1 Å². The van der Waals surface area contributed by atoms with Crippen molar-refractivity contribution in [3.63, 3.8) is 0 Å². The van der Waals surface area contributed by atoms with Crippen molar-refractivity contribution >= 4 is 5.91 Å². The minimum Gasteiger partial charge on any atom is -0.388 e. The molecule has 3 heterocycles. The molecule has 0 saturated carbocycles. The summed E-state index contributed by atoms with van der Waals surface area (Å²) in [7, 11) is 2.00. The molecule has 2 atom stereocenters. The molecule has 24 heavy (non-hydrogen) atoms. The highest BCUT2D eigenvalue weighted by molar-refractivity contribution is 5.74. The zero-order chi connectivity index (χ0) is 17.4.